The van der Waals surface area contributed by atoms with Gasteiger partial charge in [-0.2, -0.15) is 0 Å². The number of nitrogens with zero attached hydrogens (tertiary/aromatic N) is 1. The third-order valence-electron chi connectivity index (χ3n) is 16.0. The lowest BCUT2D eigenvalue weighted by atomic mass is 9.41. The highest BCUT2D eigenvalue weighted by Crippen LogP contribution is 2.89. The van der Waals surface area contributed by atoms with Gasteiger partial charge in [0, 0.05) is 30.5 Å². The molecule has 2 aliphatic heterocycles. The normalized spacial score (nSPS) is 49.7. The zero-order chi connectivity index (χ0) is 33.1. The van der Waals surface area contributed by atoms with E-state index in [4.69, 9.17) is 14.2 Å². The molecule has 2 saturated heterocycles. The Morgan fingerprint density at radius 1 is 1.07 bits per heavy atom. The van der Waals surface area contributed by atoms with Gasteiger partial charge in [0.05, 0.1) is 23.9 Å². The van der Waals surface area contributed by atoms with E-state index < -0.39 is 17.8 Å². The summed E-state index contributed by atoms with van der Waals surface area (Å²) in [6.45, 7) is 22.0. The fourth-order valence-corrected chi connectivity index (χ4v) is 13.8. The van der Waals surface area contributed by atoms with E-state index in [1.54, 1.807) is 0 Å². The molecule has 8 heteroatoms. The van der Waals surface area contributed by atoms with Gasteiger partial charge < -0.3 is 34.6 Å². The SMILES string of the molecule is CCO[C@@H]([C@H]1C[C@@H](C)[C@H]2[C@H](O1)[C@H](O)[C@@]1(C)[C@@H]3CC[C@H]4C(C)(C)[C@@H](OC(=O)NCCN5CCC5)CC[C@@]45C[C@@]35CC[C@]21C)C(C)(C)O. The van der Waals surface area contributed by atoms with Crippen molar-refractivity contribution in [3.8, 4) is 0 Å². The highest BCUT2D eigenvalue weighted by Gasteiger charge is 2.84. The summed E-state index contributed by atoms with van der Waals surface area (Å²) in [5.41, 5.74) is -0.813. The van der Waals surface area contributed by atoms with E-state index >= 15 is 0 Å². The number of ether oxygens (including phenoxy) is 3. The second kappa shape index (κ2) is 11.0. The van der Waals surface area contributed by atoms with Crippen LogP contribution in [0, 0.1) is 50.7 Å². The standard InChI is InChI=1S/C38H64N2O6/c1-9-44-31(34(5,6)43)24-21-23(2)28-29(45-24)30(41)36(8)26-12-11-25-33(3,4)27(46-32(42)39-17-20-40-18-10-19-40)13-14-37(25)22-38(26,37)16-15-35(28,36)7/h23-31,41,43H,9-22H2,1-8H3,(H,39,42)/t23-,24-,25+,26+,27+,28+,29+,30+,31+,35-,36-,37-,38+/m1/s1. The van der Waals surface area contributed by atoms with Crippen LogP contribution in [-0.4, -0.2) is 90.1 Å². The first-order valence-corrected chi connectivity index (χ1v) is 18.9. The van der Waals surface area contributed by atoms with Crippen LogP contribution in [0.15, 0.2) is 0 Å². The van der Waals surface area contributed by atoms with Gasteiger partial charge in [-0.25, -0.2) is 4.79 Å². The van der Waals surface area contributed by atoms with Gasteiger partial charge in [0.1, 0.15) is 12.2 Å². The number of hydrogen-bond acceptors (Lipinski definition) is 7. The topological polar surface area (TPSA) is 100 Å². The summed E-state index contributed by atoms with van der Waals surface area (Å²) >= 11 is 0. The minimum Gasteiger partial charge on any atom is -0.446 e. The molecule has 262 valence electrons. The van der Waals surface area contributed by atoms with Crippen molar-refractivity contribution in [2.45, 2.75) is 149 Å². The van der Waals surface area contributed by atoms with Crippen LogP contribution >= 0.6 is 0 Å². The van der Waals surface area contributed by atoms with E-state index in [9.17, 15) is 15.0 Å². The molecular formula is C38H64N2O6. The van der Waals surface area contributed by atoms with Crippen LogP contribution in [0.25, 0.3) is 0 Å². The first-order valence-electron chi connectivity index (χ1n) is 18.9. The van der Waals surface area contributed by atoms with Crippen molar-refractivity contribution in [2.24, 2.45) is 50.7 Å². The highest BCUT2D eigenvalue weighted by molar-refractivity contribution is 5.67. The van der Waals surface area contributed by atoms with Crippen molar-refractivity contribution in [2.75, 3.05) is 32.8 Å². The molecule has 5 aliphatic carbocycles. The monoisotopic (exact) mass is 644 g/mol. The maximum atomic E-state index is 12.9. The average Bonchev–Trinajstić information content (AvgIpc) is 3.58. The molecule has 2 heterocycles. The molecule has 0 aromatic rings. The maximum Gasteiger partial charge on any atom is 0.407 e. The third kappa shape index (κ3) is 4.51. The van der Waals surface area contributed by atoms with Gasteiger partial charge in [-0.1, -0.05) is 34.6 Å². The fourth-order valence-electron chi connectivity index (χ4n) is 13.8. The van der Waals surface area contributed by atoms with E-state index in [2.05, 4.69) is 44.8 Å². The number of rotatable bonds is 8. The predicted octanol–water partition coefficient (Wildman–Crippen LogP) is 5.78. The zero-order valence-corrected chi connectivity index (χ0v) is 30.1. The first kappa shape index (κ1) is 33.6. The Morgan fingerprint density at radius 2 is 1.76 bits per heavy atom. The minimum absolute atomic E-state index is 0.00613. The molecule has 3 N–H and O–H groups in total. The molecule has 7 rings (SSSR count). The molecule has 7 fully saturated rings. The lowest BCUT2D eigenvalue weighted by Crippen LogP contribution is -2.60. The van der Waals surface area contributed by atoms with Crippen LogP contribution in [0.3, 0.4) is 0 Å². The predicted molar refractivity (Wildman–Crippen MR) is 177 cm³/mol. The Kier molecular flexibility index (Phi) is 8.05. The number of aliphatic hydroxyl groups excluding tert-OH is 1. The molecule has 2 spiro atoms. The molecule has 0 bridgehead atoms. The quantitative estimate of drug-likeness (QED) is 0.308. The molecule has 1 amide bonds. The lowest BCUT2D eigenvalue weighted by molar-refractivity contribution is -0.215. The Labute approximate surface area is 278 Å². The number of amides is 1. The molecule has 7 aliphatic rings. The lowest BCUT2D eigenvalue weighted by Gasteiger charge is -2.63. The highest BCUT2D eigenvalue weighted by atomic mass is 16.6. The maximum absolute atomic E-state index is 12.9. The summed E-state index contributed by atoms with van der Waals surface area (Å²) < 4.78 is 19.2. The molecule has 0 aromatic heterocycles. The Balaban J connectivity index is 1.10. The largest absolute Gasteiger partial charge is 0.446 e. The number of hydrogen-bond donors (Lipinski definition) is 3. The van der Waals surface area contributed by atoms with Crippen molar-refractivity contribution in [1.29, 1.82) is 0 Å². The molecule has 8 nitrogen and oxygen atoms in total. The number of aliphatic hydroxyl groups is 2. The van der Waals surface area contributed by atoms with Gasteiger partial charge in [-0.15, -0.1) is 0 Å². The minimum atomic E-state index is -1.02. The van der Waals surface area contributed by atoms with Crippen LogP contribution in [0.2, 0.25) is 0 Å². The van der Waals surface area contributed by atoms with Gasteiger partial charge in [0.15, 0.2) is 0 Å². The average molecular weight is 645 g/mol. The van der Waals surface area contributed by atoms with Crippen LogP contribution in [0.5, 0.6) is 0 Å². The second-order valence-electron chi connectivity index (χ2n) is 18.6. The van der Waals surface area contributed by atoms with Gasteiger partial charge in [-0.05, 0) is 132 Å². The third-order valence-corrected chi connectivity index (χ3v) is 16.0. The van der Waals surface area contributed by atoms with Crippen molar-refractivity contribution in [3.63, 3.8) is 0 Å². The van der Waals surface area contributed by atoms with Crippen molar-refractivity contribution in [3.05, 3.63) is 0 Å². The van der Waals surface area contributed by atoms with Gasteiger partial charge >= 0.3 is 6.09 Å². The summed E-state index contributed by atoms with van der Waals surface area (Å²) in [4.78, 5) is 15.3. The smallest absolute Gasteiger partial charge is 0.407 e. The summed E-state index contributed by atoms with van der Waals surface area (Å²) in [6, 6.07) is 0. The van der Waals surface area contributed by atoms with E-state index in [-0.39, 0.29) is 57.4 Å². The molecular weight excluding hydrogens is 580 g/mol. The molecule has 46 heavy (non-hydrogen) atoms. The summed E-state index contributed by atoms with van der Waals surface area (Å²) in [5, 5.41) is 26.6. The summed E-state index contributed by atoms with van der Waals surface area (Å²) in [6.07, 6.45) is 8.27. The van der Waals surface area contributed by atoms with E-state index in [0.717, 1.165) is 58.2 Å². The Hall–Kier alpha value is -0.930. The number of alkyl carbamates (subject to hydrolysis) is 1. The van der Waals surface area contributed by atoms with Crippen molar-refractivity contribution >= 4 is 6.09 Å². The molecule has 13 atom stereocenters. The van der Waals surface area contributed by atoms with Gasteiger partial charge in [0.2, 0.25) is 0 Å². The van der Waals surface area contributed by atoms with Crippen LogP contribution < -0.4 is 5.32 Å². The van der Waals surface area contributed by atoms with E-state index in [0.29, 0.717) is 30.9 Å². The number of fused-ring (bicyclic) bond motifs is 4. The van der Waals surface area contributed by atoms with Crippen molar-refractivity contribution < 1.29 is 29.2 Å². The molecule has 0 radical (unpaired) electrons. The first-order chi connectivity index (χ1) is 21.6. The number of nitrogens with one attached hydrogen (secondary N) is 1. The fraction of sp³-hybridized carbons (Fsp3) is 0.974. The molecule has 0 unspecified atom stereocenters. The van der Waals surface area contributed by atoms with Crippen LogP contribution in [0.4, 0.5) is 4.79 Å². The number of carbonyl (C=O) groups excluding carboxylic acids is 1. The molecule has 0 aromatic carbocycles. The van der Waals surface area contributed by atoms with Crippen LogP contribution in [-0.2, 0) is 14.2 Å². The van der Waals surface area contributed by atoms with E-state index in [1.807, 2.05) is 20.8 Å². The second-order valence-corrected chi connectivity index (χ2v) is 18.6. The number of carbonyl (C=O) groups is 1. The zero-order valence-electron chi connectivity index (χ0n) is 30.1. The van der Waals surface area contributed by atoms with Gasteiger partial charge in [-0.3, -0.25) is 0 Å². The summed E-state index contributed by atoms with van der Waals surface area (Å²) in [5.74, 6) is 1.64. The van der Waals surface area contributed by atoms with Gasteiger partial charge in [0.25, 0.3) is 0 Å². The van der Waals surface area contributed by atoms with E-state index in [1.165, 1.54) is 19.3 Å². The molecule has 5 saturated carbocycles. The Morgan fingerprint density at radius 3 is 2.41 bits per heavy atom. The number of likely N-dealkylation sites (tertiary alicyclic amines) is 1. The Bertz CT molecular complexity index is 1180. The van der Waals surface area contributed by atoms with Crippen molar-refractivity contribution in [1.82, 2.24) is 10.2 Å². The summed E-state index contributed by atoms with van der Waals surface area (Å²) in [7, 11) is 0. The van der Waals surface area contributed by atoms with Crippen LogP contribution in [0.1, 0.15) is 113 Å².